The Bertz CT molecular complexity index is 795. The van der Waals surface area contributed by atoms with Crippen molar-refractivity contribution in [3.63, 3.8) is 0 Å². The SMILES string of the molecule is Cc1cc(NC(=O)c2cccc3cn[nH]c23)ccc1Br. The van der Waals surface area contributed by atoms with Crippen molar-refractivity contribution >= 4 is 38.4 Å². The maximum absolute atomic E-state index is 12.4. The molecule has 0 bridgehead atoms. The molecule has 0 saturated carbocycles. The van der Waals surface area contributed by atoms with Gasteiger partial charge in [-0.25, -0.2) is 0 Å². The number of rotatable bonds is 2. The van der Waals surface area contributed by atoms with Gasteiger partial charge in [0.25, 0.3) is 5.91 Å². The van der Waals surface area contributed by atoms with E-state index in [1.165, 1.54) is 0 Å². The molecule has 0 atom stereocenters. The molecule has 0 saturated heterocycles. The summed E-state index contributed by atoms with van der Waals surface area (Å²) in [5, 5.41) is 10.6. The van der Waals surface area contributed by atoms with E-state index in [0.717, 1.165) is 26.6 Å². The van der Waals surface area contributed by atoms with Crippen molar-refractivity contribution in [3.05, 3.63) is 58.2 Å². The van der Waals surface area contributed by atoms with Crippen LogP contribution in [0.5, 0.6) is 0 Å². The molecule has 0 unspecified atom stereocenters. The van der Waals surface area contributed by atoms with Crippen LogP contribution in [0.15, 0.2) is 47.1 Å². The van der Waals surface area contributed by atoms with Crippen molar-refractivity contribution < 1.29 is 4.79 Å². The van der Waals surface area contributed by atoms with Crippen molar-refractivity contribution in [2.75, 3.05) is 5.32 Å². The molecule has 1 heterocycles. The molecule has 1 aromatic heterocycles. The number of aromatic nitrogens is 2. The molecule has 0 radical (unpaired) electrons. The van der Waals surface area contributed by atoms with Crippen molar-refractivity contribution in [3.8, 4) is 0 Å². The van der Waals surface area contributed by atoms with Crippen LogP contribution in [0.1, 0.15) is 15.9 Å². The molecule has 0 fully saturated rings. The highest BCUT2D eigenvalue weighted by atomic mass is 79.9. The maximum Gasteiger partial charge on any atom is 0.257 e. The molecule has 20 heavy (non-hydrogen) atoms. The van der Waals surface area contributed by atoms with Crippen LogP contribution in [0.2, 0.25) is 0 Å². The molecule has 4 nitrogen and oxygen atoms in total. The monoisotopic (exact) mass is 329 g/mol. The van der Waals surface area contributed by atoms with Crippen LogP contribution in [0.3, 0.4) is 0 Å². The van der Waals surface area contributed by atoms with E-state index in [9.17, 15) is 4.79 Å². The number of aryl methyl sites for hydroxylation is 1. The predicted octanol–water partition coefficient (Wildman–Crippen LogP) is 3.89. The average Bonchev–Trinajstić information content (AvgIpc) is 2.91. The lowest BCUT2D eigenvalue weighted by Crippen LogP contribution is -2.12. The second-order valence-corrected chi connectivity index (χ2v) is 5.41. The Morgan fingerprint density at radius 1 is 1.30 bits per heavy atom. The Balaban J connectivity index is 1.93. The summed E-state index contributed by atoms with van der Waals surface area (Å²) >= 11 is 3.44. The lowest BCUT2D eigenvalue weighted by atomic mass is 10.1. The maximum atomic E-state index is 12.4. The van der Waals surface area contributed by atoms with E-state index >= 15 is 0 Å². The molecule has 0 aliphatic rings. The summed E-state index contributed by atoms with van der Waals surface area (Å²) in [7, 11) is 0. The molecule has 0 aliphatic heterocycles. The smallest absolute Gasteiger partial charge is 0.257 e. The molecular formula is C15H12BrN3O. The van der Waals surface area contributed by atoms with Gasteiger partial charge in [-0.1, -0.05) is 28.1 Å². The number of aromatic amines is 1. The molecule has 100 valence electrons. The minimum Gasteiger partial charge on any atom is -0.322 e. The van der Waals surface area contributed by atoms with E-state index in [0.29, 0.717) is 5.56 Å². The fourth-order valence-corrected chi connectivity index (χ4v) is 2.33. The summed E-state index contributed by atoms with van der Waals surface area (Å²) in [5.74, 6) is -0.151. The quantitative estimate of drug-likeness (QED) is 0.749. The van der Waals surface area contributed by atoms with E-state index in [1.54, 1.807) is 12.3 Å². The van der Waals surface area contributed by atoms with Gasteiger partial charge < -0.3 is 5.32 Å². The standard InChI is InChI=1S/C15H12BrN3O/c1-9-7-11(5-6-13(9)16)18-15(20)12-4-2-3-10-8-17-19-14(10)12/h2-8H,1H3,(H,17,19)(H,18,20). The largest absolute Gasteiger partial charge is 0.322 e. The number of halogens is 1. The third kappa shape index (κ3) is 2.32. The van der Waals surface area contributed by atoms with Crippen molar-refractivity contribution in [2.24, 2.45) is 0 Å². The molecule has 0 aliphatic carbocycles. The summed E-state index contributed by atoms with van der Waals surface area (Å²) < 4.78 is 1.02. The van der Waals surface area contributed by atoms with Gasteiger partial charge in [0.1, 0.15) is 0 Å². The number of benzene rings is 2. The zero-order valence-corrected chi connectivity index (χ0v) is 12.4. The Morgan fingerprint density at radius 3 is 2.95 bits per heavy atom. The molecule has 3 rings (SSSR count). The van der Waals surface area contributed by atoms with Gasteiger partial charge in [0, 0.05) is 15.5 Å². The van der Waals surface area contributed by atoms with Crippen LogP contribution in [0.25, 0.3) is 10.9 Å². The van der Waals surface area contributed by atoms with Gasteiger partial charge in [-0.15, -0.1) is 0 Å². The van der Waals surface area contributed by atoms with Crippen LogP contribution < -0.4 is 5.32 Å². The molecule has 5 heteroatoms. The van der Waals surface area contributed by atoms with E-state index < -0.39 is 0 Å². The molecular weight excluding hydrogens is 318 g/mol. The van der Waals surface area contributed by atoms with E-state index in [-0.39, 0.29) is 5.91 Å². The number of hydrogen-bond donors (Lipinski definition) is 2. The second kappa shape index (κ2) is 5.09. The number of amides is 1. The first-order chi connectivity index (χ1) is 9.65. The highest BCUT2D eigenvalue weighted by Gasteiger charge is 2.11. The molecule has 1 amide bonds. The minimum absolute atomic E-state index is 0.151. The number of nitrogens with one attached hydrogen (secondary N) is 2. The third-order valence-electron chi connectivity index (χ3n) is 3.14. The predicted molar refractivity (Wildman–Crippen MR) is 82.9 cm³/mol. The molecule has 2 N–H and O–H groups in total. The first kappa shape index (κ1) is 12.9. The second-order valence-electron chi connectivity index (χ2n) is 4.56. The van der Waals surface area contributed by atoms with Crippen molar-refractivity contribution in [1.82, 2.24) is 10.2 Å². The fourth-order valence-electron chi connectivity index (χ4n) is 2.08. The molecule has 2 aromatic carbocycles. The lowest BCUT2D eigenvalue weighted by Gasteiger charge is -2.07. The number of nitrogens with zero attached hydrogens (tertiary/aromatic N) is 1. The highest BCUT2D eigenvalue weighted by molar-refractivity contribution is 9.10. The number of para-hydroxylation sites is 1. The van der Waals surface area contributed by atoms with Crippen molar-refractivity contribution in [1.29, 1.82) is 0 Å². The van der Waals surface area contributed by atoms with Gasteiger partial charge in [-0.2, -0.15) is 5.10 Å². The summed E-state index contributed by atoms with van der Waals surface area (Å²) in [4.78, 5) is 12.4. The van der Waals surface area contributed by atoms with E-state index in [2.05, 4.69) is 31.4 Å². The van der Waals surface area contributed by atoms with Gasteiger partial charge in [-0.05, 0) is 36.8 Å². The summed E-state index contributed by atoms with van der Waals surface area (Å²) in [6.45, 7) is 1.98. The zero-order valence-electron chi connectivity index (χ0n) is 10.8. The van der Waals surface area contributed by atoms with Crippen LogP contribution in [-0.4, -0.2) is 16.1 Å². The Kier molecular flexibility index (Phi) is 3.28. The normalized spacial score (nSPS) is 10.7. The Morgan fingerprint density at radius 2 is 2.15 bits per heavy atom. The first-order valence-corrected chi connectivity index (χ1v) is 6.94. The van der Waals surface area contributed by atoms with E-state index in [4.69, 9.17) is 0 Å². The third-order valence-corrected chi connectivity index (χ3v) is 4.03. The van der Waals surface area contributed by atoms with Crippen LogP contribution in [0, 0.1) is 6.92 Å². The topological polar surface area (TPSA) is 57.8 Å². The molecule has 3 aromatic rings. The minimum atomic E-state index is -0.151. The summed E-state index contributed by atoms with van der Waals surface area (Å²) in [5.41, 5.74) is 3.18. The lowest BCUT2D eigenvalue weighted by molar-refractivity contribution is 0.102. The van der Waals surface area contributed by atoms with Gasteiger partial charge in [0.2, 0.25) is 0 Å². The van der Waals surface area contributed by atoms with Gasteiger partial charge >= 0.3 is 0 Å². The summed E-state index contributed by atoms with van der Waals surface area (Å²) in [6, 6.07) is 11.2. The highest BCUT2D eigenvalue weighted by Crippen LogP contribution is 2.21. The Hall–Kier alpha value is -2.14. The average molecular weight is 330 g/mol. The molecule has 0 spiro atoms. The fraction of sp³-hybridized carbons (Fsp3) is 0.0667. The van der Waals surface area contributed by atoms with Gasteiger partial charge in [0.05, 0.1) is 17.3 Å². The number of anilines is 1. The summed E-state index contributed by atoms with van der Waals surface area (Å²) in [6.07, 6.45) is 1.70. The van der Waals surface area contributed by atoms with Crippen molar-refractivity contribution in [2.45, 2.75) is 6.92 Å². The number of carbonyl (C=O) groups is 1. The number of hydrogen-bond acceptors (Lipinski definition) is 2. The van der Waals surface area contributed by atoms with Crippen LogP contribution in [-0.2, 0) is 0 Å². The number of carbonyl (C=O) groups excluding carboxylic acids is 1. The number of H-pyrrole nitrogens is 1. The van der Waals surface area contributed by atoms with Gasteiger partial charge in [0.15, 0.2) is 0 Å². The van der Waals surface area contributed by atoms with Gasteiger partial charge in [-0.3, -0.25) is 9.89 Å². The zero-order chi connectivity index (χ0) is 14.1. The number of fused-ring (bicyclic) bond motifs is 1. The first-order valence-electron chi connectivity index (χ1n) is 6.15. The van der Waals surface area contributed by atoms with Crippen LogP contribution >= 0.6 is 15.9 Å². The van der Waals surface area contributed by atoms with E-state index in [1.807, 2.05) is 37.3 Å². The van der Waals surface area contributed by atoms with Crippen LogP contribution in [0.4, 0.5) is 5.69 Å². The Labute approximate surface area is 124 Å².